The number of benzene rings is 1. The van der Waals surface area contributed by atoms with Crippen molar-refractivity contribution in [2.24, 2.45) is 5.92 Å². The van der Waals surface area contributed by atoms with Crippen LogP contribution in [-0.4, -0.2) is 64.4 Å². The second kappa shape index (κ2) is 13.9. The Kier molecular flexibility index (Phi) is 10.6. The summed E-state index contributed by atoms with van der Waals surface area (Å²) in [6.45, 7) is 9.29. The molecule has 1 aromatic rings. The van der Waals surface area contributed by atoms with Gasteiger partial charge in [-0.15, -0.1) is 13.2 Å². The summed E-state index contributed by atoms with van der Waals surface area (Å²) in [5.41, 5.74) is -1.27. The molecule has 40 heavy (non-hydrogen) atoms. The van der Waals surface area contributed by atoms with Crippen LogP contribution in [0.15, 0.2) is 49.6 Å². The smallest absolute Gasteiger partial charge is 0.338 e. The van der Waals surface area contributed by atoms with Crippen LogP contribution in [0, 0.1) is 16.0 Å². The van der Waals surface area contributed by atoms with E-state index in [1.807, 2.05) is 6.08 Å². The van der Waals surface area contributed by atoms with Gasteiger partial charge in [0.15, 0.2) is 0 Å². The third-order valence-electron chi connectivity index (χ3n) is 7.31. The molecule has 1 heterocycles. The number of carbonyl (C=O) groups excluding carboxylic acids is 4. The number of non-ortho nitro benzene ring substituents is 1. The van der Waals surface area contributed by atoms with Crippen molar-refractivity contribution in [1.82, 2.24) is 10.2 Å². The van der Waals surface area contributed by atoms with E-state index in [1.54, 1.807) is 13.0 Å². The molecule has 2 aliphatic rings. The monoisotopic (exact) mass is 555 g/mol. The third kappa shape index (κ3) is 7.34. The van der Waals surface area contributed by atoms with Crippen molar-refractivity contribution >= 4 is 29.4 Å². The van der Waals surface area contributed by atoms with E-state index in [4.69, 9.17) is 9.47 Å². The molecule has 0 radical (unpaired) electrons. The van der Waals surface area contributed by atoms with Gasteiger partial charge in [0.2, 0.25) is 11.8 Å². The predicted molar refractivity (Wildman–Crippen MR) is 146 cm³/mol. The Morgan fingerprint density at radius 3 is 2.45 bits per heavy atom. The summed E-state index contributed by atoms with van der Waals surface area (Å²) >= 11 is 0. The molecule has 2 fully saturated rings. The van der Waals surface area contributed by atoms with E-state index in [0.717, 1.165) is 25.7 Å². The van der Waals surface area contributed by atoms with Crippen LogP contribution < -0.4 is 5.32 Å². The van der Waals surface area contributed by atoms with E-state index in [0.29, 0.717) is 12.8 Å². The van der Waals surface area contributed by atoms with Crippen LogP contribution in [0.1, 0.15) is 68.6 Å². The number of nitro groups is 1. The van der Waals surface area contributed by atoms with Gasteiger partial charge in [0, 0.05) is 30.9 Å². The number of ether oxygens (including phenoxy) is 2. The molecule has 3 rings (SSSR count). The number of unbranched alkanes of at least 4 members (excludes halogenated alkanes) is 4. The largest absolute Gasteiger partial charge is 0.464 e. The summed E-state index contributed by atoms with van der Waals surface area (Å²) in [7, 11) is 0. The number of hydrogen-bond acceptors (Lipinski definition) is 8. The molecule has 4 atom stereocenters. The van der Waals surface area contributed by atoms with Crippen LogP contribution in [0.4, 0.5) is 5.69 Å². The average Bonchev–Trinajstić information content (AvgIpc) is 3.49. The van der Waals surface area contributed by atoms with E-state index in [1.165, 1.54) is 29.2 Å². The Hall–Kier alpha value is -4.02. The van der Waals surface area contributed by atoms with Gasteiger partial charge in [-0.3, -0.25) is 19.7 Å². The Bertz CT molecular complexity index is 1130. The molecule has 11 nitrogen and oxygen atoms in total. The van der Waals surface area contributed by atoms with E-state index >= 15 is 0 Å². The second-order valence-electron chi connectivity index (χ2n) is 10.1. The number of rotatable bonds is 15. The van der Waals surface area contributed by atoms with Gasteiger partial charge in [-0.05, 0) is 44.7 Å². The van der Waals surface area contributed by atoms with Crippen molar-refractivity contribution in [3.8, 4) is 0 Å². The second-order valence-corrected chi connectivity index (χ2v) is 10.1. The number of amides is 2. The number of nitrogens with one attached hydrogen (secondary N) is 1. The number of nitro benzene ring substituents is 1. The van der Waals surface area contributed by atoms with Crippen molar-refractivity contribution in [1.29, 1.82) is 0 Å². The van der Waals surface area contributed by atoms with Gasteiger partial charge >= 0.3 is 11.9 Å². The van der Waals surface area contributed by atoms with Crippen LogP contribution in [0.2, 0.25) is 0 Å². The maximum atomic E-state index is 13.5. The summed E-state index contributed by atoms with van der Waals surface area (Å²) in [4.78, 5) is 63.8. The van der Waals surface area contributed by atoms with Crippen molar-refractivity contribution in [2.75, 3.05) is 13.2 Å². The SMILES string of the molecule is C=CCCCCCCC(=O)N1C[C@@H](OC(=O)c2ccc([N+](=O)[O-])cc2)C[C@H]1C(=O)N[C@]1(C(=O)OCC)C[C@H]1C=C. The van der Waals surface area contributed by atoms with Gasteiger partial charge in [-0.25, -0.2) is 9.59 Å². The zero-order valence-electron chi connectivity index (χ0n) is 22.8. The Morgan fingerprint density at radius 2 is 1.85 bits per heavy atom. The molecule has 216 valence electrons. The molecule has 2 amide bonds. The highest BCUT2D eigenvalue weighted by molar-refractivity contribution is 5.95. The molecule has 0 spiro atoms. The van der Waals surface area contributed by atoms with Crippen molar-refractivity contribution in [2.45, 2.75) is 76.0 Å². The van der Waals surface area contributed by atoms with Gasteiger partial charge in [-0.2, -0.15) is 0 Å². The third-order valence-corrected chi connectivity index (χ3v) is 7.31. The standard InChI is InChI=1S/C29H37N3O8/c1-4-7-8-9-10-11-12-25(33)31-19-23(40-27(35)20-13-15-22(16-14-20)32(37)38)17-24(31)26(34)30-29(18-21(29)5-2)28(36)39-6-3/h4-5,13-16,21,23-24H,1-2,6-12,17-19H2,3H3,(H,30,34)/t21-,23+,24+,29-/m1/s1. The topological polar surface area (TPSA) is 145 Å². The lowest BCUT2D eigenvalue weighted by atomic mass is 10.1. The van der Waals surface area contributed by atoms with Crippen molar-refractivity contribution in [3.05, 3.63) is 65.3 Å². The molecular weight excluding hydrogens is 518 g/mol. The number of likely N-dealkylation sites (tertiary alicyclic amines) is 1. The number of hydrogen-bond donors (Lipinski definition) is 1. The van der Waals surface area contributed by atoms with Crippen LogP contribution in [-0.2, 0) is 23.9 Å². The molecule has 1 aliphatic carbocycles. The fourth-order valence-electron chi connectivity index (χ4n) is 4.97. The fraction of sp³-hybridized carbons (Fsp3) is 0.517. The minimum Gasteiger partial charge on any atom is -0.464 e. The first-order valence-electron chi connectivity index (χ1n) is 13.6. The van der Waals surface area contributed by atoms with E-state index in [2.05, 4.69) is 18.5 Å². The minimum atomic E-state index is -1.22. The zero-order valence-corrected chi connectivity index (χ0v) is 22.8. The zero-order chi connectivity index (χ0) is 29.3. The minimum absolute atomic E-state index is 0.0173. The molecule has 1 saturated heterocycles. The lowest BCUT2D eigenvalue weighted by Gasteiger charge is -2.26. The normalized spacial score (nSPS) is 23.1. The van der Waals surface area contributed by atoms with Crippen LogP contribution in [0.5, 0.6) is 0 Å². The first-order valence-corrected chi connectivity index (χ1v) is 13.6. The first-order chi connectivity index (χ1) is 19.2. The fourth-order valence-corrected chi connectivity index (χ4v) is 4.97. The van der Waals surface area contributed by atoms with Crippen LogP contribution in [0.3, 0.4) is 0 Å². The quantitative estimate of drug-likeness (QED) is 0.113. The molecule has 0 unspecified atom stereocenters. The molecule has 0 bridgehead atoms. The first kappa shape index (κ1) is 30.5. The van der Waals surface area contributed by atoms with Gasteiger partial charge < -0.3 is 19.7 Å². The molecule has 1 aliphatic heterocycles. The molecular formula is C29H37N3O8. The number of allylic oxidation sites excluding steroid dienone is 1. The maximum Gasteiger partial charge on any atom is 0.338 e. The van der Waals surface area contributed by atoms with Gasteiger partial charge in [0.1, 0.15) is 17.7 Å². The summed E-state index contributed by atoms with van der Waals surface area (Å²) in [6.07, 6.45) is 7.69. The number of carbonyl (C=O) groups is 4. The summed E-state index contributed by atoms with van der Waals surface area (Å²) in [5, 5.41) is 13.7. The lowest BCUT2D eigenvalue weighted by molar-refractivity contribution is -0.384. The van der Waals surface area contributed by atoms with Crippen LogP contribution in [0.25, 0.3) is 0 Å². The molecule has 1 saturated carbocycles. The van der Waals surface area contributed by atoms with Gasteiger partial charge in [0.25, 0.3) is 5.69 Å². The molecule has 0 aromatic heterocycles. The number of nitrogens with zero attached hydrogens (tertiary/aromatic N) is 2. The summed E-state index contributed by atoms with van der Waals surface area (Å²) in [5.74, 6) is -2.31. The van der Waals surface area contributed by atoms with Gasteiger partial charge in [0.05, 0.1) is 23.6 Å². The lowest BCUT2D eigenvalue weighted by Crippen LogP contribution is -2.53. The molecule has 1 aromatic carbocycles. The Morgan fingerprint density at radius 1 is 1.15 bits per heavy atom. The highest BCUT2D eigenvalue weighted by Gasteiger charge is 2.62. The summed E-state index contributed by atoms with van der Waals surface area (Å²) in [6, 6.07) is 4.04. The summed E-state index contributed by atoms with van der Waals surface area (Å²) < 4.78 is 10.8. The van der Waals surface area contributed by atoms with Crippen molar-refractivity contribution < 1.29 is 33.6 Å². The van der Waals surface area contributed by atoms with E-state index in [9.17, 15) is 29.3 Å². The molecule has 1 N–H and O–H groups in total. The van der Waals surface area contributed by atoms with E-state index < -0.39 is 40.5 Å². The van der Waals surface area contributed by atoms with Crippen LogP contribution >= 0.6 is 0 Å². The Balaban J connectivity index is 1.71. The number of esters is 2. The van der Waals surface area contributed by atoms with Crippen molar-refractivity contribution in [3.63, 3.8) is 0 Å². The van der Waals surface area contributed by atoms with E-state index in [-0.39, 0.29) is 49.1 Å². The van der Waals surface area contributed by atoms with Gasteiger partial charge in [-0.1, -0.05) is 25.0 Å². The maximum absolute atomic E-state index is 13.5. The Labute approximate surface area is 233 Å². The predicted octanol–water partition coefficient (Wildman–Crippen LogP) is 3.87. The molecule has 11 heteroatoms. The average molecular weight is 556 g/mol. The highest BCUT2D eigenvalue weighted by atomic mass is 16.6. The highest BCUT2D eigenvalue weighted by Crippen LogP contribution is 2.45.